The van der Waals surface area contributed by atoms with Crippen LogP contribution in [0.25, 0.3) is 22.3 Å². The summed E-state index contributed by atoms with van der Waals surface area (Å²) in [5.41, 5.74) is 1.81. The number of benzene rings is 1. The molecule has 0 radical (unpaired) electrons. The number of anilines is 1. The maximum Gasteiger partial charge on any atom is 0.295 e. The van der Waals surface area contributed by atoms with Crippen LogP contribution < -0.4 is 14.8 Å². The van der Waals surface area contributed by atoms with Crippen LogP contribution in [0.4, 0.5) is 6.01 Å². The van der Waals surface area contributed by atoms with Crippen molar-refractivity contribution in [3.63, 3.8) is 0 Å². The van der Waals surface area contributed by atoms with E-state index < -0.39 is 0 Å². The number of methoxy groups -OCH3 is 1. The topological polar surface area (TPSA) is 69.4 Å². The van der Waals surface area contributed by atoms with Crippen molar-refractivity contribution >= 4 is 28.5 Å². The molecule has 0 atom stereocenters. The highest BCUT2D eigenvalue weighted by Crippen LogP contribution is 2.38. The van der Waals surface area contributed by atoms with Crippen LogP contribution in [0.3, 0.4) is 0 Å². The summed E-state index contributed by atoms with van der Waals surface area (Å²) in [4.78, 5) is 9.12. The molecule has 2 heterocycles. The van der Waals surface area contributed by atoms with Crippen molar-refractivity contribution in [1.29, 1.82) is 0 Å². The van der Waals surface area contributed by atoms with Gasteiger partial charge in [-0.25, -0.2) is 4.98 Å². The number of halogens is 1. The van der Waals surface area contributed by atoms with Gasteiger partial charge in [-0.3, -0.25) is 0 Å². The van der Waals surface area contributed by atoms with Crippen molar-refractivity contribution in [3.05, 3.63) is 29.5 Å². The number of rotatable bonds is 6. The molecule has 0 bridgehead atoms. The molecular weight excluding hydrogens is 354 g/mol. The average molecular weight is 376 g/mol. The van der Waals surface area contributed by atoms with Gasteiger partial charge in [-0.2, -0.15) is 4.98 Å². The molecule has 3 aromatic rings. The predicted octanol–water partition coefficient (Wildman–Crippen LogP) is 5.16. The van der Waals surface area contributed by atoms with Crippen LogP contribution in [-0.2, 0) is 0 Å². The second-order valence-corrected chi connectivity index (χ2v) is 6.87. The van der Waals surface area contributed by atoms with E-state index in [1.54, 1.807) is 19.4 Å². The van der Waals surface area contributed by atoms with E-state index in [0.29, 0.717) is 39.4 Å². The average Bonchev–Trinajstić information content (AvgIpc) is 3.02. The Kier molecular flexibility index (Phi) is 5.23. The number of oxazole rings is 1. The Balaban J connectivity index is 2.15. The van der Waals surface area contributed by atoms with Gasteiger partial charge in [0, 0.05) is 17.5 Å². The molecule has 0 saturated heterocycles. The molecule has 0 saturated carbocycles. The van der Waals surface area contributed by atoms with Crippen molar-refractivity contribution in [1.82, 2.24) is 9.97 Å². The maximum atomic E-state index is 6.48. The molecule has 0 spiro atoms. The van der Waals surface area contributed by atoms with Crippen molar-refractivity contribution in [2.45, 2.75) is 39.8 Å². The SMILES string of the molecule is COc1ccc2c(OC(C)C)cc(-c3coc(NC(C)C)n3)nc2c1Cl. The summed E-state index contributed by atoms with van der Waals surface area (Å²) in [6, 6.07) is 6.20. The number of hydrogen-bond acceptors (Lipinski definition) is 6. The Morgan fingerprint density at radius 2 is 1.85 bits per heavy atom. The highest BCUT2D eigenvalue weighted by Gasteiger charge is 2.17. The maximum absolute atomic E-state index is 6.48. The van der Waals surface area contributed by atoms with Crippen molar-refractivity contribution in [2.75, 3.05) is 12.4 Å². The standard InChI is InChI=1S/C19H22ClN3O3/c1-10(2)21-19-23-14(9-25-19)13-8-16(26-11(3)4)12-6-7-15(24-5)17(20)18(12)22-13/h6-11H,1-5H3,(H,21,23). The first-order valence-corrected chi connectivity index (χ1v) is 8.83. The molecule has 26 heavy (non-hydrogen) atoms. The Hall–Kier alpha value is -2.47. The van der Waals surface area contributed by atoms with E-state index in [9.17, 15) is 0 Å². The lowest BCUT2D eigenvalue weighted by Crippen LogP contribution is -2.09. The predicted molar refractivity (Wildman–Crippen MR) is 103 cm³/mol. The summed E-state index contributed by atoms with van der Waals surface area (Å²) in [6.45, 7) is 7.97. The van der Waals surface area contributed by atoms with Crippen LogP contribution in [-0.4, -0.2) is 29.2 Å². The van der Waals surface area contributed by atoms with Gasteiger partial charge in [-0.05, 0) is 39.8 Å². The minimum Gasteiger partial charge on any atom is -0.495 e. The van der Waals surface area contributed by atoms with E-state index in [1.807, 2.05) is 39.8 Å². The summed E-state index contributed by atoms with van der Waals surface area (Å²) in [5.74, 6) is 1.24. The summed E-state index contributed by atoms with van der Waals surface area (Å²) in [6.07, 6.45) is 1.57. The molecule has 0 aliphatic heterocycles. The zero-order valence-electron chi connectivity index (χ0n) is 15.5. The van der Waals surface area contributed by atoms with Crippen molar-refractivity contribution < 1.29 is 13.9 Å². The fourth-order valence-electron chi connectivity index (χ4n) is 2.55. The van der Waals surface area contributed by atoms with Gasteiger partial charge in [0.05, 0.1) is 24.4 Å². The lowest BCUT2D eigenvalue weighted by molar-refractivity contribution is 0.245. The summed E-state index contributed by atoms with van der Waals surface area (Å²) in [5, 5.41) is 4.38. The van der Waals surface area contributed by atoms with E-state index >= 15 is 0 Å². The molecule has 7 heteroatoms. The minimum atomic E-state index is 0.00445. The zero-order valence-corrected chi connectivity index (χ0v) is 16.2. The van der Waals surface area contributed by atoms with E-state index in [0.717, 1.165) is 5.39 Å². The number of nitrogens with one attached hydrogen (secondary N) is 1. The van der Waals surface area contributed by atoms with Crippen LogP contribution in [0.15, 0.2) is 28.9 Å². The van der Waals surface area contributed by atoms with Crippen molar-refractivity contribution in [3.8, 4) is 22.9 Å². The monoisotopic (exact) mass is 375 g/mol. The second-order valence-electron chi connectivity index (χ2n) is 6.49. The van der Waals surface area contributed by atoms with Crippen LogP contribution in [0.5, 0.6) is 11.5 Å². The first-order valence-electron chi connectivity index (χ1n) is 8.45. The molecule has 1 N–H and O–H groups in total. The van der Waals surface area contributed by atoms with Gasteiger partial charge in [0.25, 0.3) is 6.01 Å². The molecule has 2 aromatic heterocycles. The largest absolute Gasteiger partial charge is 0.495 e. The molecule has 0 aliphatic rings. The minimum absolute atomic E-state index is 0.00445. The van der Waals surface area contributed by atoms with Gasteiger partial charge in [-0.15, -0.1) is 0 Å². The van der Waals surface area contributed by atoms with Gasteiger partial charge in [0.1, 0.15) is 28.5 Å². The van der Waals surface area contributed by atoms with E-state index in [4.69, 9.17) is 25.5 Å². The lowest BCUT2D eigenvalue weighted by atomic mass is 10.1. The number of pyridine rings is 1. The number of fused-ring (bicyclic) bond motifs is 1. The molecule has 1 aromatic carbocycles. The van der Waals surface area contributed by atoms with Gasteiger partial charge in [0.2, 0.25) is 0 Å². The van der Waals surface area contributed by atoms with Gasteiger partial charge < -0.3 is 19.2 Å². The second kappa shape index (κ2) is 7.41. The molecule has 0 fully saturated rings. The van der Waals surface area contributed by atoms with E-state index in [1.165, 1.54) is 0 Å². The number of nitrogens with zero attached hydrogens (tertiary/aromatic N) is 2. The molecule has 0 amide bonds. The Labute approximate surface area is 157 Å². The fraction of sp³-hybridized carbons (Fsp3) is 0.368. The van der Waals surface area contributed by atoms with Crippen molar-refractivity contribution in [2.24, 2.45) is 0 Å². The third-order valence-electron chi connectivity index (χ3n) is 3.61. The molecule has 6 nitrogen and oxygen atoms in total. The number of aromatic nitrogens is 2. The fourth-order valence-corrected chi connectivity index (χ4v) is 2.84. The summed E-state index contributed by atoms with van der Waals surface area (Å²) >= 11 is 6.48. The molecule has 0 aliphatic carbocycles. The number of hydrogen-bond donors (Lipinski definition) is 1. The molecular formula is C19H22ClN3O3. The van der Waals surface area contributed by atoms with Gasteiger partial charge in [-0.1, -0.05) is 11.6 Å². The quantitative estimate of drug-likeness (QED) is 0.641. The van der Waals surface area contributed by atoms with E-state index in [2.05, 4.69) is 15.3 Å². The molecule has 0 unspecified atom stereocenters. The van der Waals surface area contributed by atoms with Crippen LogP contribution in [0.2, 0.25) is 5.02 Å². The highest BCUT2D eigenvalue weighted by atomic mass is 35.5. The first-order chi connectivity index (χ1) is 12.4. The first kappa shape index (κ1) is 18.3. The summed E-state index contributed by atoms with van der Waals surface area (Å²) in [7, 11) is 1.57. The third kappa shape index (κ3) is 3.70. The van der Waals surface area contributed by atoms with Crippen LogP contribution in [0, 0.1) is 0 Å². The molecule has 138 valence electrons. The Morgan fingerprint density at radius 1 is 1.08 bits per heavy atom. The summed E-state index contributed by atoms with van der Waals surface area (Å²) < 4.78 is 16.8. The van der Waals surface area contributed by atoms with Gasteiger partial charge >= 0.3 is 0 Å². The molecule has 3 rings (SSSR count). The lowest BCUT2D eigenvalue weighted by Gasteiger charge is -2.15. The number of ether oxygens (including phenoxy) is 2. The van der Waals surface area contributed by atoms with E-state index in [-0.39, 0.29) is 12.1 Å². The van der Waals surface area contributed by atoms with Crippen LogP contribution >= 0.6 is 11.6 Å². The third-order valence-corrected chi connectivity index (χ3v) is 3.97. The zero-order chi connectivity index (χ0) is 18.8. The Morgan fingerprint density at radius 3 is 2.50 bits per heavy atom. The van der Waals surface area contributed by atoms with Crippen LogP contribution in [0.1, 0.15) is 27.7 Å². The highest BCUT2D eigenvalue weighted by molar-refractivity contribution is 6.36. The smallest absolute Gasteiger partial charge is 0.295 e. The van der Waals surface area contributed by atoms with Gasteiger partial charge in [0.15, 0.2) is 0 Å². The Bertz CT molecular complexity index is 922. The normalized spacial score (nSPS) is 11.4.